The lowest BCUT2D eigenvalue weighted by Gasteiger charge is -2.38. The molecule has 0 bridgehead atoms. The zero-order valence-electron chi connectivity index (χ0n) is 12.3. The van der Waals surface area contributed by atoms with Gasteiger partial charge in [0.05, 0.1) is 26.2 Å². The van der Waals surface area contributed by atoms with E-state index in [0.717, 1.165) is 0 Å². The summed E-state index contributed by atoms with van der Waals surface area (Å²) in [5.41, 5.74) is 0. The van der Waals surface area contributed by atoms with Crippen LogP contribution in [0.2, 0.25) is 0 Å². The van der Waals surface area contributed by atoms with Gasteiger partial charge in [-0.25, -0.2) is 4.57 Å². The SMILES string of the molecule is CCC[N+](CCC)(CCC)CCC.O=P(O)(O)O. The lowest BCUT2D eigenvalue weighted by Crippen LogP contribution is -2.50. The van der Waals surface area contributed by atoms with Gasteiger partial charge in [-0.2, -0.15) is 0 Å². The van der Waals surface area contributed by atoms with E-state index in [2.05, 4.69) is 27.7 Å². The minimum atomic E-state index is -4.64. The van der Waals surface area contributed by atoms with Gasteiger partial charge in [0.2, 0.25) is 0 Å². The summed E-state index contributed by atoms with van der Waals surface area (Å²) in [4.78, 5) is 21.6. The molecule has 0 aliphatic rings. The van der Waals surface area contributed by atoms with E-state index in [1.54, 1.807) is 0 Å². The van der Waals surface area contributed by atoms with Crippen LogP contribution in [0.5, 0.6) is 0 Å². The van der Waals surface area contributed by atoms with Gasteiger partial charge >= 0.3 is 7.82 Å². The third-order valence-electron chi connectivity index (χ3n) is 2.79. The molecule has 0 saturated carbocycles. The summed E-state index contributed by atoms with van der Waals surface area (Å²) < 4.78 is 10.3. The van der Waals surface area contributed by atoms with E-state index >= 15 is 0 Å². The predicted molar refractivity (Wildman–Crippen MR) is 75.2 cm³/mol. The molecule has 0 atom stereocenters. The average molecular weight is 284 g/mol. The topological polar surface area (TPSA) is 77.8 Å². The molecule has 112 valence electrons. The Labute approximate surface area is 112 Å². The van der Waals surface area contributed by atoms with E-state index in [9.17, 15) is 0 Å². The van der Waals surface area contributed by atoms with Gasteiger partial charge in [-0.3, -0.25) is 0 Å². The maximum Gasteiger partial charge on any atom is 0.466 e. The number of hydrogen-bond donors (Lipinski definition) is 3. The first-order chi connectivity index (χ1) is 8.24. The zero-order valence-corrected chi connectivity index (χ0v) is 13.2. The van der Waals surface area contributed by atoms with Gasteiger partial charge in [0, 0.05) is 0 Å². The molecule has 5 nitrogen and oxygen atoms in total. The minimum absolute atomic E-state index is 1.33. The highest BCUT2D eigenvalue weighted by molar-refractivity contribution is 7.45. The molecule has 0 spiro atoms. The molecule has 0 heterocycles. The summed E-state index contributed by atoms with van der Waals surface area (Å²) in [6, 6.07) is 0. The van der Waals surface area contributed by atoms with Crippen molar-refractivity contribution in [1.82, 2.24) is 0 Å². The maximum absolute atomic E-state index is 8.88. The van der Waals surface area contributed by atoms with Crippen molar-refractivity contribution in [2.45, 2.75) is 53.4 Å². The lowest BCUT2D eigenvalue weighted by atomic mass is 10.2. The van der Waals surface area contributed by atoms with Crippen LogP contribution in [0, 0.1) is 0 Å². The fraction of sp³-hybridized carbons (Fsp3) is 1.00. The van der Waals surface area contributed by atoms with Crippen LogP contribution in [0.4, 0.5) is 0 Å². The Balaban J connectivity index is 0. The Kier molecular flexibility index (Phi) is 12.4. The van der Waals surface area contributed by atoms with Crippen molar-refractivity contribution >= 4 is 7.82 Å². The average Bonchev–Trinajstić information content (AvgIpc) is 2.16. The maximum atomic E-state index is 8.88. The summed E-state index contributed by atoms with van der Waals surface area (Å²) in [5.74, 6) is 0. The molecule has 0 fully saturated rings. The molecule has 0 aliphatic heterocycles. The van der Waals surface area contributed by atoms with Crippen LogP contribution in [-0.2, 0) is 4.57 Å². The van der Waals surface area contributed by atoms with Crippen molar-refractivity contribution in [2.75, 3.05) is 26.2 Å². The predicted octanol–water partition coefficient (Wildman–Crippen LogP) is 2.51. The van der Waals surface area contributed by atoms with E-state index in [1.165, 1.54) is 56.3 Å². The first-order valence-electron chi connectivity index (χ1n) is 6.88. The van der Waals surface area contributed by atoms with Crippen molar-refractivity contribution in [3.8, 4) is 0 Å². The highest BCUT2D eigenvalue weighted by Crippen LogP contribution is 2.25. The van der Waals surface area contributed by atoms with Crippen LogP contribution < -0.4 is 0 Å². The Hall–Kier alpha value is 0.0700. The summed E-state index contributed by atoms with van der Waals surface area (Å²) in [5, 5.41) is 0. The van der Waals surface area contributed by atoms with E-state index in [0.29, 0.717) is 0 Å². The molecular weight excluding hydrogens is 253 g/mol. The molecule has 0 radical (unpaired) electrons. The van der Waals surface area contributed by atoms with Crippen LogP contribution in [-0.4, -0.2) is 45.3 Å². The molecule has 0 rings (SSSR count). The van der Waals surface area contributed by atoms with Gasteiger partial charge in [-0.15, -0.1) is 0 Å². The molecule has 0 unspecified atom stereocenters. The molecule has 0 aromatic rings. The zero-order chi connectivity index (χ0) is 14.7. The van der Waals surface area contributed by atoms with Crippen molar-refractivity contribution in [3.63, 3.8) is 0 Å². The second kappa shape index (κ2) is 10.9. The smallest absolute Gasteiger partial charge is 0.324 e. The first kappa shape index (κ1) is 20.4. The fourth-order valence-electron chi connectivity index (χ4n) is 2.57. The van der Waals surface area contributed by atoms with Crippen molar-refractivity contribution in [3.05, 3.63) is 0 Å². The summed E-state index contributed by atoms with van der Waals surface area (Å²) in [7, 11) is -4.64. The van der Waals surface area contributed by atoms with Gasteiger partial charge in [0.15, 0.2) is 0 Å². The first-order valence-corrected chi connectivity index (χ1v) is 8.44. The monoisotopic (exact) mass is 284 g/mol. The van der Waals surface area contributed by atoms with Crippen molar-refractivity contribution in [1.29, 1.82) is 0 Å². The minimum Gasteiger partial charge on any atom is -0.324 e. The van der Waals surface area contributed by atoms with Crippen LogP contribution in [0.15, 0.2) is 0 Å². The molecule has 6 heteroatoms. The molecule has 0 aromatic heterocycles. The lowest BCUT2D eigenvalue weighted by molar-refractivity contribution is -0.928. The standard InChI is InChI=1S/C12H28N.H3O4P/c1-5-9-13(10-6-2,11-7-3)12-8-4;1-5(2,3)4/h5-12H2,1-4H3;(H3,1,2,3,4)/q+1;. The number of rotatable bonds is 8. The normalized spacial score (nSPS) is 11.9. The third-order valence-corrected chi connectivity index (χ3v) is 2.79. The number of quaternary nitrogens is 1. The highest BCUT2D eigenvalue weighted by Gasteiger charge is 2.22. The van der Waals surface area contributed by atoms with Gasteiger partial charge in [-0.1, -0.05) is 27.7 Å². The molecule has 3 N–H and O–H groups in total. The molecular formula is C12H31NO4P+. The largest absolute Gasteiger partial charge is 0.466 e. The Bertz CT molecular complexity index is 192. The third kappa shape index (κ3) is 14.1. The summed E-state index contributed by atoms with van der Waals surface area (Å²) in [6.07, 6.45) is 5.33. The molecule has 18 heavy (non-hydrogen) atoms. The number of hydrogen-bond acceptors (Lipinski definition) is 1. The van der Waals surface area contributed by atoms with E-state index < -0.39 is 7.82 Å². The fourth-order valence-corrected chi connectivity index (χ4v) is 2.57. The van der Waals surface area contributed by atoms with Gasteiger partial charge < -0.3 is 19.2 Å². The number of phosphoric acid groups is 1. The van der Waals surface area contributed by atoms with Crippen LogP contribution >= 0.6 is 7.82 Å². The van der Waals surface area contributed by atoms with E-state index in [4.69, 9.17) is 19.2 Å². The summed E-state index contributed by atoms with van der Waals surface area (Å²) >= 11 is 0. The van der Waals surface area contributed by atoms with E-state index in [1.807, 2.05) is 0 Å². The molecule has 0 aromatic carbocycles. The number of nitrogens with zero attached hydrogens (tertiary/aromatic N) is 1. The van der Waals surface area contributed by atoms with Crippen LogP contribution in [0.3, 0.4) is 0 Å². The highest BCUT2D eigenvalue weighted by atomic mass is 31.2. The van der Waals surface area contributed by atoms with Gasteiger partial charge in [-0.05, 0) is 25.7 Å². The quantitative estimate of drug-likeness (QED) is 0.473. The van der Waals surface area contributed by atoms with E-state index in [-0.39, 0.29) is 0 Å². The Morgan fingerprint density at radius 2 is 0.889 bits per heavy atom. The Morgan fingerprint density at radius 1 is 0.722 bits per heavy atom. The van der Waals surface area contributed by atoms with Crippen molar-refractivity contribution < 1.29 is 23.7 Å². The second-order valence-electron chi connectivity index (χ2n) is 4.75. The second-order valence-corrected chi connectivity index (χ2v) is 5.78. The van der Waals surface area contributed by atoms with Crippen molar-refractivity contribution in [2.24, 2.45) is 0 Å². The van der Waals surface area contributed by atoms with Crippen LogP contribution in [0.1, 0.15) is 53.4 Å². The summed E-state index contributed by atoms with van der Waals surface area (Å²) in [6.45, 7) is 14.8. The molecule has 0 aliphatic carbocycles. The molecule has 0 amide bonds. The molecule has 0 saturated heterocycles. The van der Waals surface area contributed by atoms with Gasteiger partial charge in [0.25, 0.3) is 0 Å². The Morgan fingerprint density at radius 3 is 1.00 bits per heavy atom. The van der Waals surface area contributed by atoms with Crippen LogP contribution in [0.25, 0.3) is 0 Å². The van der Waals surface area contributed by atoms with Gasteiger partial charge in [0.1, 0.15) is 0 Å².